The van der Waals surface area contributed by atoms with Crippen LogP contribution in [0.1, 0.15) is 33.6 Å². The van der Waals surface area contributed by atoms with Gasteiger partial charge in [0.15, 0.2) is 6.29 Å². The van der Waals surface area contributed by atoms with Crippen LogP contribution in [0.15, 0.2) is 0 Å². The summed E-state index contributed by atoms with van der Waals surface area (Å²) < 4.78 is 10.1. The molecule has 96 valence electrons. The molecule has 0 aliphatic heterocycles. The van der Waals surface area contributed by atoms with Gasteiger partial charge in [-0.15, -0.1) is 0 Å². The molecule has 0 spiro atoms. The van der Waals surface area contributed by atoms with Gasteiger partial charge in [-0.05, 0) is 5.92 Å². The van der Waals surface area contributed by atoms with Gasteiger partial charge in [0.05, 0.1) is 0 Å². The Kier molecular flexibility index (Phi) is 8.21. The topological polar surface area (TPSA) is 47.6 Å². The fraction of sp³-hybridized carbons (Fsp3) is 0.917. The Morgan fingerprint density at radius 2 is 1.81 bits per heavy atom. The SMILES string of the molecule is CCC(C)CNC(=O)C(C)CC(OC)OC. The molecular weight excluding hydrogens is 206 g/mol. The van der Waals surface area contributed by atoms with Crippen molar-refractivity contribution >= 4 is 5.91 Å². The van der Waals surface area contributed by atoms with E-state index >= 15 is 0 Å². The van der Waals surface area contributed by atoms with Gasteiger partial charge >= 0.3 is 0 Å². The van der Waals surface area contributed by atoms with Crippen molar-refractivity contribution in [1.29, 1.82) is 0 Å². The summed E-state index contributed by atoms with van der Waals surface area (Å²) in [7, 11) is 3.16. The molecule has 0 radical (unpaired) electrons. The molecule has 0 rings (SSSR count). The summed E-state index contributed by atoms with van der Waals surface area (Å²) in [5.41, 5.74) is 0. The van der Waals surface area contributed by atoms with Crippen LogP contribution in [-0.2, 0) is 14.3 Å². The number of carbonyl (C=O) groups is 1. The second-order valence-electron chi connectivity index (χ2n) is 4.30. The van der Waals surface area contributed by atoms with E-state index < -0.39 is 0 Å². The molecule has 4 heteroatoms. The molecule has 0 aliphatic rings. The lowest BCUT2D eigenvalue weighted by molar-refractivity contribution is -0.135. The van der Waals surface area contributed by atoms with Crippen LogP contribution in [0.3, 0.4) is 0 Å². The van der Waals surface area contributed by atoms with Gasteiger partial charge in [0.2, 0.25) is 5.91 Å². The van der Waals surface area contributed by atoms with Gasteiger partial charge in [0.25, 0.3) is 0 Å². The molecule has 0 aromatic heterocycles. The van der Waals surface area contributed by atoms with Crippen molar-refractivity contribution < 1.29 is 14.3 Å². The van der Waals surface area contributed by atoms with E-state index in [4.69, 9.17) is 9.47 Å². The highest BCUT2D eigenvalue weighted by atomic mass is 16.7. The molecule has 1 amide bonds. The largest absolute Gasteiger partial charge is 0.356 e. The fourth-order valence-corrected chi connectivity index (χ4v) is 1.28. The Morgan fingerprint density at radius 1 is 1.25 bits per heavy atom. The van der Waals surface area contributed by atoms with Crippen molar-refractivity contribution in [2.24, 2.45) is 11.8 Å². The van der Waals surface area contributed by atoms with E-state index in [1.807, 2.05) is 6.92 Å². The van der Waals surface area contributed by atoms with Crippen molar-refractivity contribution in [2.45, 2.75) is 39.9 Å². The fourth-order valence-electron chi connectivity index (χ4n) is 1.28. The zero-order chi connectivity index (χ0) is 12.6. The highest BCUT2D eigenvalue weighted by molar-refractivity contribution is 5.78. The van der Waals surface area contributed by atoms with Crippen LogP contribution >= 0.6 is 0 Å². The predicted molar refractivity (Wildman–Crippen MR) is 64.1 cm³/mol. The Labute approximate surface area is 98.7 Å². The standard InChI is InChI=1S/C12H25NO3/c1-6-9(2)8-13-12(14)10(3)7-11(15-4)16-5/h9-11H,6-8H2,1-5H3,(H,13,14). The zero-order valence-electron chi connectivity index (χ0n) is 11.1. The Morgan fingerprint density at radius 3 is 2.25 bits per heavy atom. The van der Waals surface area contributed by atoms with E-state index in [0.29, 0.717) is 12.3 Å². The van der Waals surface area contributed by atoms with E-state index in [0.717, 1.165) is 13.0 Å². The molecule has 0 aliphatic carbocycles. The number of methoxy groups -OCH3 is 2. The third-order valence-corrected chi connectivity index (χ3v) is 2.84. The monoisotopic (exact) mass is 231 g/mol. The Hall–Kier alpha value is -0.610. The van der Waals surface area contributed by atoms with Crippen molar-refractivity contribution in [1.82, 2.24) is 5.32 Å². The second-order valence-corrected chi connectivity index (χ2v) is 4.30. The first kappa shape index (κ1) is 15.4. The number of nitrogens with one attached hydrogen (secondary N) is 1. The van der Waals surface area contributed by atoms with E-state index in [1.54, 1.807) is 14.2 Å². The van der Waals surface area contributed by atoms with Crippen LogP contribution in [0, 0.1) is 11.8 Å². The van der Waals surface area contributed by atoms with Crippen LogP contribution in [0.2, 0.25) is 0 Å². The molecule has 0 aromatic carbocycles. The van der Waals surface area contributed by atoms with Gasteiger partial charge in [-0.1, -0.05) is 27.2 Å². The van der Waals surface area contributed by atoms with Crippen LogP contribution in [0.5, 0.6) is 0 Å². The number of hydrogen-bond donors (Lipinski definition) is 1. The summed E-state index contributed by atoms with van der Waals surface area (Å²) in [6, 6.07) is 0. The first-order chi connectivity index (χ1) is 7.54. The minimum atomic E-state index is -0.302. The Balaban J connectivity index is 3.89. The van der Waals surface area contributed by atoms with Gasteiger partial charge in [-0.3, -0.25) is 4.79 Å². The quantitative estimate of drug-likeness (QED) is 0.648. The van der Waals surface area contributed by atoms with E-state index in [1.165, 1.54) is 0 Å². The molecule has 2 unspecified atom stereocenters. The lowest BCUT2D eigenvalue weighted by Gasteiger charge is -2.19. The molecule has 0 saturated carbocycles. The first-order valence-electron chi connectivity index (χ1n) is 5.88. The smallest absolute Gasteiger partial charge is 0.223 e. The van der Waals surface area contributed by atoms with Crippen LogP contribution in [0.25, 0.3) is 0 Å². The highest BCUT2D eigenvalue weighted by Crippen LogP contribution is 2.09. The molecule has 4 nitrogen and oxygen atoms in total. The van der Waals surface area contributed by atoms with E-state index in [-0.39, 0.29) is 18.1 Å². The summed E-state index contributed by atoms with van der Waals surface area (Å²) in [5.74, 6) is 0.505. The number of hydrogen-bond acceptors (Lipinski definition) is 3. The molecule has 0 heterocycles. The second kappa shape index (κ2) is 8.53. The average molecular weight is 231 g/mol. The molecule has 0 bridgehead atoms. The third kappa shape index (κ3) is 6.08. The molecule has 1 N–H and O–H groups in total. The van der Waals surface area contributed by atoms with Gasteiger partial charge < -0.3 is 14.8 Å². The number of ether oxygens (including phenoxy) is 2. The summed E-state index contributed by atoms with van der Waals surface area (Å²) in [6.45, 7) is 6.87. The minimum absolute atomic E-state index is 0.0689. The first-order valence-corrected chi connectivity index (χ1v) is 5.88. The van der Waals surface area contributed by atoms with Crippen molar-refractivity contribution in [2.75, 3.05) is 20.8 Å². The van der Waals surface area contributed by atoms with Crippen molar-refractivity contribution in [3.63, 3.8) is 0 Å². The van der Waals surface area contributed by atoms with E-state index in [9.17, 15) is 4.79 Å². The zero-order valence-corrected chi connectivity index (χ0v) is 11.1. The maximum absolute atomic E-state index is 11.7. The van der Waals surface area contributed by atoms with Crippen molar-refractivity contribution in [3.05, 3.63) is 0 Å². The lowest BCUT2D eigenvalue weighted by atomic mass is 10.1. The number of rotatable bonds is 8. The highest BCUT2D eigenvalue weighted by Gasteiger charge is 2.18. The normalized spacial score (nSPS) is 14.9. The molecule has 0 fully saturated rings. The van der Waals surface area contributed by atoms with Crippen LogP contribution < -0.4 is 5.32 Å². The van der Waals surface area contributed by atoms with Crippen LogP contribution in [0.4, 0.5) is 0 Å². The summed E-state index contributed by atoms with van der Waals surface area (Å²) in [4.78, 5) is 11.7. The number of carbonyl (C=O) groups excluding carboxylic acids is 1. The van der Waals surface area contributed by atoms with Gasteiger partial charge in [-0.25, -0.2) is 0 Å². The summed E-state index contributed by atoms with van der Waals surface area (Å²) in [5, 5.41) is 2.94. The van der Waals surface area contributed by atoms with Gasteiger partial charge in [0.1, 0.15) is 0 Å². The molecule has 0 saturated heterocycles. The summed E-state index contributed by atoms with van der Waals surface area (Å²) >= 11 is 0. The summed E-state index contributed by atoms with van der Waals surface area (Å²) in [6.07, 6.45) is 1.36. The lowest BCUT2D eigenvalue weighted by Crippen LogP contribution is -2.34. The molecule has 2 atom stereocenters. The number of amides is 1. The van der Waals surface area contributed by atoms with Gasteiger partial charge in [0, 0.05) is 33.1 Å². The maximum Gasteiger partial charge on any atom is 0.223 e. The van der Waals surface area contributed by atoms with Crippen molar-refractivity contribution in [3.8, 4) is 0 Å². The minimum Gasteiger partial charge on any atom is -0.356 e. The maximum atomic E-state index is 11.7. The Bertz CT molecular complexity index is 193. The van der Waals surface area contributed by atoms with Gasteiger partial charge in [-0.2, -0.15) is 0 Å². The molecular formula is C12H25NO3. The average Bonchev–Trinajstić information content (AvgIpc) is 2.31. The predicted octanol–water partition coefficient (Wildman–Crippen LogP) is 1.79. The molecule has 0 aromatic rings. The molecule has 16 heavy (non-hydrogen) atoms. The third-order valence-electron chi connectivity index (χ3n) is 2.84. The van der Waals surface area contributed by atoms with E-state index in [2.05, 4.69) is 19.2 Å². The van der Waals surface area contributed by atoms with Crippen LogP contribution in [-0.4, -0.2) is 33.0 Å².